The Morgan fingerprint density at radius 3 is 1.57 bits per heavy atom. The summed E-state index contributed by atoms with van der Waals surface area (Å²) in [6, 6.07) is 12.4. The molecule has 408 valence electrons. The van der Waals surface area contributed by atoms with Crippen molar-refractivity contribution in [3.05, 3.63) is 110 Å². The van der Waals surface area contributed by atoms with E-state index in [4.69, 9.17) is 44.9 Å². The number of hydrogen-bond donors (Lipinski definition) is 3. The molecule has 0 bridgehead atoms. The van der Waals surface area contributed by atoms with Gasteiger partial charge in [0.25, 0.3) is 11.8 Å². The van der Waals surface area contributed by atoms with Crippen LogP contribution >= 0.6 is 47.2 Å². The summed E-state index contributed by atoms with van der Waals surface area (Å²) < 4.78 is 55.7. The fraction of sp³-hybridized carbons (Fsp3) is 0.490. The molecule has 0 radical (unpaired) electrons. The molecule has 75 heavy (non-hydrogen) atoms. The van der Waals surface area contributed by atoms with Crippen molar-refractivity contribution in [3.8, 4) is 0 Å². The Labute approximate surface area is 461 Å². The molecule has 0 saturated carbocycles. The molecule has 2 amide bonds. The van der Waals surface area contributed by atoms with Crippen molar-refractivity contribution in [1.82, 2.24) is 44.3 Å². The van der Waals surface area contributed by atoms with Gasteiger partial charge in [-0.2, -0.15) is 10.2 Å². The number of halogens is 4. The Balaban J connectivity index is 0.000000215. The number of nitrogens with zero attached hydrogens (tertiary/aromatic N) is 9. The molecule has 18 nitrogen and oxygen atoms in total. The average molecular weight is 1150 g/mol. The number of piperidine rings is 2. The molecule has 2 aromatic carbocycles. The molecule has 4 aromatic heterocycles. The lowest BCUT2D eigenvalue weighted by Gasteiger charge is -2.35. The van der Waals surface area contributed by atoms with Crippen LogP contribution in [0.4, 0.5) is 17.2 Å². The van der Waals surface area contributed by atoms with Crippen LogP contribution in [0.25, 0.3) is 11.3 Å². The number of anilines is 3. The maximum atomic E-state index is 13.7. The molecule has 4 aliphatic rings. The Hall–Kier alpha value is -4.96. The minimum atomic E-state index is -3.57. The van der Waals surface area contributed by atoms with E-state index in [1.165, 1.54) is 43.8 Å². The van der Waals surface area contributed by atoms with E-state index < -0.39 is 20.0 Å². The molecule has 4 atom stereocenters. The summed E-state index contributed by atoms with van der Waals surface area (Å²) in [6.07, 6.45) is 13.5. The van der Waals surface area contributed by atoms with Gasteiger partial charge in [-0.15, -0.1) is 12.4 Å². The first-order valence-electron chi connectivity index (χ1n) is 24.6. The Morgan fingerprint density at radius 2 is 1.15 bits per heavy atom. The van der Waals surface area contributed by atoms with Crippen LogP contribution in [0.5, 0.6) is 0 Å². The van der Waals surface area contributed by atoms with Crippen molar-refractivity contribution in [2.24, 2.45) is 11.8 Å². The molecule has 0 unspecified atom stereocenters. The molecule has 24 heteroatoms. The lowest BCUT2D eigenvalue weighted by Crippen LogP contribution is -2.39. The highest BCUT2D eigenvalue weighted by molar-refractivity contribution is 7.92. The van der Waals surface area contributed by atoms with E-state index in [0.29, 0.717) is 45.5 Å². The van der Waals surface area contributed by atoms with Gasteiger partial charge in [-0.3, -0.25) is 19.0 Å². The van der Waals surface area contributed by atoms with Crippen molar-refractivity contribution in [2.45, 2.75) is 98.6 Å². The van der Waals surface area contributed by atoms with Gasteiger partial charge in [0, 0.05) is 71.9 Å². The van der Waals surface area contributed by atoms with E-state index in [2.05, 4.69) is 50.5 Å². The second-order valence-corrected chi connectivity index (χ2v) is 24.5. The monoisotopic (exact) mass is 1150 g/mol. The minimum absolute atomic E-state index is 0. The highest BCUT2D eigenvalue weighted by Crippen LogP contribution is 2.37. The number of likely N-dealkylation sites (tertiary alicyclic amines) is 2. The van der Waals surface area contributed by atoms with Gasteiger partial charge in [0.1, 0.15) is 11.0 Å². The third kappa shape index (κ3) is 14.8. The summed E-state index contributed by atoms with van der Waals surface area (Å²) in [6.45, 7) is 14.0. The highest BCUT2D eigenvalue weighted by Gasteiger charge is 2.34. The molecular formula is C51H68Cl4N12O6S2. The number of benzene rings is 2. The lowest BCUT2D eigenvalue weighted by molar-refractivity contribution is 0.0600. The number of nitrogens with one attached hydrogen (secondary N) is 3. The molecule has 10 rings (SSSR count). The summed E-state index contributed by atoms with van der Waals surface area (Å²) in [5.41, 5.74) is 5.55. The van der Waals surface area contributed by atoms with Crippen LogP contribution in [-0.4, -0.2) is 119 Å². The molecule has 6 aromatic rings. The van der Waals surface area contributed by atoms with Crippen LogP contribution in [-0.2, 0) is 20.0 Å². The highest BCUT2D eigenvalue weighted by atomic mass is 35.5. The zero-order chi connectivity index (χ0) is 52.4. The molecule has 4 fully saturated rings. The molecule has 4 saturated heterocycles. The molecular weight excluding hydrogens is 1080 g/mol. The molecule has 0 spiro atoms. The zero-order valence-corrected chi connectivity index (χ0v) is 47.0. The largest absolute Gasteiger partial charge is 0.356 e. The van der Waals surface area contributed by atoms with Crippen molar-refractivity contribution in [1.29, 1.82) is 0 Å². The number of sulfonamides is 2. The van der Waals surface area contributed by atoms with E-state index in [1.807, 2.05) is 25.3 Å². The van der Waals surface area contributed by atoms with Crippen LogP contribution in [0.15, 0.2) is 60.9 Å². The smallest absolute Gasteiger partial charge is 0.256 e. The lowest BCUT2D eigenvalue weighted by atomic mass is 9.98. The van der Waals surface area contributed by atoms with Gasteiger partial charge < -0.3 is 20.0 Å². The van der Waals surface area contributed by atoms with Gasteiger partial charge in [0.2, 0.25) is 20.0 Å². The molecule has 4 aliphatic heterocycles. The average Bonchev–Trinajstić information content (AvgIpc) is 4.17. The second kappa shape index (κ2) is 25.0. The van der Waals surface area contributed by atoms with Crippen molar-refractivity contribution in [2.75, 3.05) is 66.1 Å². The van der Waals surface area contributed by atoms with Crippen LogP contribution in [0.2, 0.25) is 15.2 Å². The van der Waals surface area contributed by atoms with Crippen molar-refractivity contribution >= 4 is 108 Å². The Kier molecular flexibility index (Phi) is 19.8. The molecule has 3 N–H and O–H groups in total. The predicted octanol–water partition coefficient (Wildman–Crippen LogP) is 10.0. The maximum Gasteiger partial charge on any atom is 0.256 e. The zero-order valence-electron chi connectivity index (χ0n) is 42.3. The first-order chi connectivity index (χ1) is 34.6. The van der Waals surface area contributed by atoms with Crippen LogP contribution in [0.3, 0.4) is 0 Å². The minimum Gasteiger partial charge on any atom is -0.356 e. The van der Waals surface area contributed by atoms with Crippen LogP contribution in [0, 0.1) is 25.7 Å². The van der Waals surface area contributed by atoms with E-state index in [0.717, 1.165) is 105 Å². The number of carbonyl (C=O) groups excluding carboxylic acids is 2. The number of aryl methyl sites for hydroxylation is 2. The SMILES string of the molecule is C.C[C@@H]1CCNC1.Cc1cn2nc([C@@H]3CCCCN3C(=O)c3cc(Cl)ccc3NS(C)(=O)=O)cc2nc1Cl.Cc1cn2nc([C@@H]3CCCCN3C(=O)c3cc(Cl)ccc3NS(C)(=O)=O)cc2nc1N1CC[C@@H](C)C1.Cl. The number of amides is 2. The molecule has 0 aliphatic carbocycles. The normalized spacial score (nSPS) is 19.8. The quantitative estimate of drug-likeness (QED) is 0.116. The van der Waals surface area contributed by atoms with Gasteiger partial charge in [0.05, 0.1) is 58.5 Å². The Bertz CT molecular complexity index is 3200. The standard InChI is InChI=1S/C25H31ClN6O3S.C20H21Cl2N5O3S.C5H11N.CH4.ClH/c1-16-9-11-30(14-16)24-17(2)15-32-23(27-24)13-21(28-32)22-6-4-5-10-31(22)25(33)19-12-18(26)7-8-20(19)29-36(3,34)35;1-12-11-27-18(23-19(12)22)10-16(24-27)17-5-3-4-8-26(17)20(28)14-9-13(21)6-7-15(14)25-31(2,29)30;1-5-2-3-6-4-5;;/h7-8,12-13,15-16,22,29H,4-6,9-11,14H2,1-3H3;6-7,9-11,17,25H,3-5,8H2,1-2H3;5-6H,2-4H2,1H3;1H4;1H/t16-,22+;17-;5-;;/m101../s1. The molecule has 8 heterocycles. The first kappa shape index (κ1) is 59.3. The Morgan fingerprint density at radius 1 is 0.653 bits per heavy atom. The van der Waals surface area contributed by atoms with Crippen molar-refractivity contribution < 1.29 is 26.4 Å². The van der Waals surface area contributed by atoms with E-state index in [9.17, 15) is 26.4 Å². The summed E-state index contributed by atoms with van der Waals surface area (Å²) in [7, 11) is -7.14. The number of fused-ring (bicyclic) bond motifs is 2. The van der Waals surface area contributed by atoms with E-state index in [-0.39, 0.29) is 66.2 Å². The number of carbonyl (C=O) groups is 2. The van der Waals surface area contributed by atoms with Gasteiger partial charge in [0.15, 0.2) is 11.3 Å². The fourth-order valence-electron chi connectivity index (χ4n) is 9.84. The third-order valence-electron chi connectivity index (χ3n) is 13.5. The second-order valence-electron chi connectivity index (χ2n) is 19.8. The maximum absolute atomic E-state index is 13.7. The summed E-state index contributed by atoms with van der Waals surface area (Å²) in [5, 5.41) is 13.8. The van der Waals surface area contributed by atoms with Crippen LogP contribution < -0.4 is 19.7 Å². The van der Waals surface area contributed by atoms with Gasteiger partial charge >= 0.3 is 0 Å². The van der Waals surface area contributed by atoms with Gasteiger partial charge in [-0.05, 0) is 127 Å². The van der Waals surface area contributed by atoms with Crippen molar-refractivity contribution in [3.63, 3.8) is 0 Å². The number of hydrogen-bond acceptors (Lipinski definition) is 12. The van der Waals surface area contributed by atoms with Gasteiger partial charge in [-0.1, -0.05) is 56.1 Å². The number of rotatable bonds is 9. The van der Waals surface area contributed by atoms with E-state index >= 15 is 0 Å². The number of aromatic nitrogens is 6. The summed E-state index contributed by atoms with van der Waals surface area (Å²) in [5.74, 6) is 1.99. The topological polar surface area (TPSA) is 209 Å². The summed E-state index contributed by atoms with van der Waals surface area (Å²) in [4.78, 5) is 42.4. The van der Waals surface area contributed by atoms with Crippen LogP contribution in [0.1, 0.15) is 128 Å². The third-order valence-corrected chi connectivity index (χ3v) is 15.5. The predicted molar refractivity (Wildman–Crippen MR) is 302 cm³/mol. The van der Waals surface area contributed by atoms with Gasteiger partial charge in [-0.25, -0.2) is 35.8 Å². The van der Waals surface area contributed by atoms with E-state index in [1.54, 1.807) is 37.2 Å². The summed E-state index contributed by atoms with van der Waals surface area (Å²) >= 11 is 18.5. The first-order valence-corrected chi connectivity index (χ1v) is 29.5. The fourth-order valence-corrected chi connectivity index (χ4v) is 11.5.